The fraction of sp³-hybridized carbons (Fsp3) is 0.200. The lowest BCUT2D eigenvalue weighted by molar-refractivity contribution is 0.0742. The predicted octanol–water partition coefficient (Wildman–Crippen LogP) is 4.33. The van der Waals surface area contributed by atoms with Crippen molar-refractivity contribution in [1.82, 2.24) is 9.88 Å². The number of carbonyl (C=O) groups is 1. The van der Waals surface area contributed by atoms with Gasteiger partial charge in [-0.2, -0.15) is 0 Å². The molecule has 5 heteroatoms. The van der Waals surface area contributed by atoms with Gasteiger partial charge in [-0.1, -0.05) is 23.7 Å². The van der Waals surface area contributed by atoms with E-state index in [1.165, 1.54) is 0 Å². The van der Waals surface area contributed by atoms with Gasteiger partial charge in [0, 0.05) is 23.8 Å². The molecule has 1 aromatic carbocycles. The molecule has 0 bridgehead atoms. The van der Waals surface area contributed by atoms with E-state index in [4.69, 9.17) is 11.6 Å². The Kier molecular flexibility index (Phi) is 4.78. The van der Waals surface area contributed by atoms with Gasteiger partial charge >= 0.3 is 0 Å². The quantitative estimate of drug-likeness (QED) is 0.769. The van der Waals surface area contributed by atoms with Crippen LogP contribution in [0, 0.1) is 0 Å². The van der Waals surface area contributed by atoms with Crippen LogP contribution in [0.15, 0.2) is 47.2 Å². The van der Waals surface area contributed by atoms with Gasteiger partial charge < -0.3 is 4.90 Å². The summed E-state index contributed by atoms with van der Waals surface area (Å²) in [5.74, 6) is -0.0458. The number of nitrogens with zero attached hydrogens (tertiary/aromatic N) is 2. The first kappa shape index (κ1) is 15.0. The SMILES string of the molecule is CC(c1ccc(Cl)cc1)N(C)C(=O)c1ccnc(Br)c1. The lowest BCUT2D eigenvalue weighted by Gasteiger charge is -2.25. The van der Waals surface area contributed by atoms with Crippen molar-refractivity contribution in [3.05, 3.63) is 63.3 Å². The first-order valence-electron chi connectivity index (χ1n) is 6.13. The molecule has 1 aromatic heterocycles. The Labute approximate surface area is 131 Å². The molecule has 1 amide bonds. The average molecular weight is 354 g/mol. The number of aromatic nitrogens is 1. The Bertz CT molecular complexity index is 616. The number of halogens is 2. The highest BCUT2D eigenvalue weighted by molar-refractivity contribution is 9.10. The van der Waals surface area contributed by atoms with Crippen LogP contribution in [-0.4, -0.2) is 22.8 Å². The second kappa shape index (κ2) is 6.37. The van der Waals surface area contributed by atoms with Crippen LogP contribution in [0.5, 0.6) is 0 Å². The molecule has 0 aliphatic rings. The van der Waals surface area contributed by atoms with Crippen LogP contribution in [0.1, 0.15) is 28.9 Å². The molecule has 2 aromatic rings. The minimum absolute atomic E-state index is 0.0355. The van der Waals surface area contributed by atoms with Gasteiger partial charge in [0.1, 0.15) is 4.60 Å². The van der Waals surface area contributed by atoms with Gasteiger partial charge in [0.15, 0.2) is 0 Å². The van der Waals surface area contributed by atoms with Crippen molar-refractivity contribution in [1.29, 1.82) is 0 Å². The zero-order chi connectivity index (χ0) is 14.7. The van der Waals surface area contributed by atoms with Crippen LogP contribution in [0.2, 0.25) is 5.02 Å². The van der Waals surface area contributed by atoms with Crippen LogP contribution in [0.4, 0.5) is 0 Å². The van der Waals surface area contributed by atoms with Crippen molar-refractivity contribution < 1.29 is 4.79 Å². The van der Waals surface area contributed by atoms with Crippen molar-refractivity contribution in [2.24, 2.45) is 0 Å². The van der Waals surface area contributed by atoms with Gasteiger partial charge in [0.25, 0.3) is 5.91 Å². The fourth-order valence-electron chi connectivity index (χ4n) is 1.88. The zero-order valence-electron chi connectivity index (χ0n) is 11.2. The lowest BCUT2D eigenvalue weighted by atomic mass is 10.1. The Balaban J connectivity index is 2.20. The van der Waals surface area contributed by atoms with Crippen molar-refractivity contribution >= 4 is 33.4 Å². The van der Waals surface area contributed by atoms with E-state index >= 15 is 0 Å². The molecular formula is C15H14BrClN2O. The van der Waals surface area contributed by atoms with E-state index in [0.29, 0.717) is 15.2 Å². The van der Waals surface area contributed by atoms with Crippen LogP contribution >= 0.6 is 27.5 Å². The summed E-state index contributed by atoms with van der Waals surface area (Å²) in [5, 5.41) is 0.688. The van der Waals surface area contributed by atoms with Gasteiger partial charge in [-0.05, 0) is 52.7 Å². The maximum Gasteiger partial charge on any atom is 0.254 e. The van der Waals surface area contributed by atoms with Crippen LogP contribution in [0.3, 0.4) is 0 Å². The maximum absolute atomic E-state index is 12.4. The second-order valence-corrected chi connectivity index (χ2v) is 5.76. The number of rotatable bonds is 3. The van der Waals surface area contributed by atoms with Gasteiger partial charge in [-0.25, -0.2) is 4.98 Å². The molecular weight excluding hydrogens is 340 g/mol. The maximum atomic E-state index is 12.4. The average Bonchev–Trinajstić information content (AvgIpc) is 2.46. The summed E-state index contributed by atoms with van der Waals surface area (Å²) < 4.78 is 0.649. The molecule has 0 radical (unpaired) electrons. The number of carbonyl (C=O) groups excluding carboxylic acids is 1. The molecule has 1 atom stereocenters. The molecule has 1 unspecified atom stereocenters. The molecule has 20 heavy (non-hydrogen) atoms. The van der Waals surface area contributed by atoms with Crippen LogP contribution in [0.25, 0.3) is 0 Å². The zero-order valence-corrected chi connectivity index (χ0v) is 13.5. The Morgan fingerprint density at radius 3 is 2.55 bits per heavy atom. The molecule has 0 saturated carbocycles. The molecule has 0 saturated heterocycles. The van der Waals surface area contributed by atoms with E-state index in [1.807, 2.05) is 31.2 Å². The van der Waals surface area contributed by atoms with Gasteiger partial charge in [0.05, 0.1) is 6.04 Å². The molecule has 0 spiro atoms. The normalized spacial score (nSPS) is 12.0. The minimum Gasteiger partial charge on any atom is -0.335 e. The Morgan fingerprint density at radius 2 is 1.95 bits per heavy atom. The van der Waals surface area contributed by atoms with E-state index in [2.05, 4.69) is 20.9 Å². The summed E-state index contributed by atoms with van der Waals surface area (Å²) >= 11 is 9.15. The van der Waals surface area contributed by atoms with Crippen molar-refractivity contribution in [3.63, 3.8) is 0 Å². The number of hydrogen-bond acceptors (Lipinski definition) is 2. The van der Waals surface area contributed by atoms with Gasteiger partial charge in [-0.3, -0.25) is 4.79 Å². The third-order valence-electron chi connectivity index (χ3n) is 3.23. The largest absolute Gasteiger partial charge is 0.335 e. The summed E-state index contributed by atoms with van der Waals surface area (Å²) in [4.78, 5) is 18.2. The molecule has 0 N–H and O–H groups in total. The predicted molar refractivity (Wildman–Crippen MR) is 83.9 cm³/mol. The molecule has 2 rings (SSSR count). The molecule has 3 nitrogen and oxygen atoms in total. The molecule has 1 heterocycles. The molecule has 0 aliphatic heterocycles. The Hall–Kier alpha value is -1.39. The second-order valence-electron chi connectivity index (χ2n) is 4.51. The topological polar surface area (TPSA) is 33.2 Å². The van der Waals surface area contributed by atoms with E-state index in [0.717, 1.165) is 5.56 Å². The molecule has 104 valence electrons. The number of hydrogen-bond donors (Lipinski definition) is 0. The number of pyridine rings is 1. The lowest BCUT2D eigenvalue weighted by Crippen LogP contribution is -2.29. The van der Waals surface area contributed by atoms with Crippen molar-refractivity contribution in [2.45, 2.75) is 13.0 Å². The monoisotopic (exact) mass is 352 g/mol. The van der Waals surface area contributed by atoms with Gasteiger partial charge in [0.2, 0.25) is 0 Å². The van der Waals surface area contributed by atoms with E-state index in [-0.39, 0.29) is 11.9 Å². The van der Waals surface area contributed by atoms with Crippen molar-refractivity contribution in [3.8, 4) is 0 Å². The summed E-state index contributed by atoms with van der Waals surface area (Å²) in [7, 11) is 1.79. The highest BCUT2D eigenvalue weighted by atomic mass is 79.9. The van der Waals surface area contributed by atoms with Crippen LogP contribution in [-0.2, 0) is 0 Å². The fourth-order valence-corrected chi connectivity index (χ4v) is 2.37. The minimum atomic E-state index is -0.0458. The summed E-state index contributed by atoms with van der Waals surface area (Å²) in [6, 6.07) is 10.9. The first-order chi connectivity index (χ1) is 9.49. The Morgan fingerprint density at radius 1 is 1.30 bits per heavy atom. The summed E-state index contributed by atoms with van der Waals surface area (Å²) in [5.41, 5.74) is 1.65. The van der Waals surface area contributed by atoms with Gasteiger partial charge in [-0.15, -0.1) is 0 Å². The standard InChI is InChI=1S/C15H14BrClN2O/c1-10(11-3-5-13(17)6-4-11)19(2)15(20)12-7-8-18-14(16)9-12/h3-10H,1-2H3. The van der Waals surface area contributed by atoms with E-state index in [1.54, 1.807) is 30.3 Å². The molecule has 0 fully saturated rings. The number of amides is 1. The highest BCUT2D eigenvalue weighted by Gasteiger charge is 2.19. The smallest absolute Gasteiger partial charge is 0.254 e. The third-order valence-corrected chi connectivity index (χ3v) is 3.91. The summed E-state index contributed by atoms with van der Waals surface area (Å²) in [6.45, 7) is 1.98. The summed E-state index contributed by atoms with van der Waals surface area (Å²) in [6.07, 6.45) is 1.61. The first-order valence-corrected chi connectivity index (χ1v) is 7.30. The van der Waals surface area contributed by atoms with E-state index < -0.39 is 0 Å². The van der Waals surface area contributed by atoms with E-state index in [9.17, 15) is 4.79 Å². The highest BCUT2D eigenvalue weighted by Crippen LogP contribution is 2.22. The third kappa shape index (κ3) is 3.38. The van der Waals surface area contributed by atoms with Crippen molar-refractivity contribution in [2.75, 3.05) is 7.05 Å². The molecule has 0 aliphatic carbocycles. The number of benzene rings is 1. The van der Waals surface area contributed by atoms with Crippen LogP contribution < -0.4 is 0 Å².